The normalized spacial score (nSPS) is 38.4. The van der Waals surface area contributed by atoms with Crippen molar-refractivity contribution in [3.63, 3.8) is 0 Å². The van der Waals surface area contributed by atoms with Gasteiger partial charge in [-0.05, 0) is 44.2 Å². The average Bonchev–Trinajstić information content (AvgIpc) is 2.56. The molecule has 3 fully saturated rings. The van der Waals surface area contributed by atoms with Gasteiger partial charge in [0.1, 0.15) is 11.9 Å². The summed E-state index contributed by atoms with van der Waals surface area (Å²) in [6.07, 6.45) is 4.04. The molecule has 1 heterocycles. The molecular formula is C16H19NO3. The number of benzene rings is 1. The Hall–Kier alpha value is -1.55. The number of rotatable bonds is 3. The van der Waals surface area contributed by atoms with E-state index < -0.39 is 5.97 Å². The molecule has 0 amide bonds. The third-order valence-corrected chi connectivity index (χ3v) is 5.69. The van der Waals surface area contributed by atoms with Gasteiger partial charge in [-0.25, -0.2) is 4.79 Å². The second kappa shape index (κ2) is 3.98. The number of carboxylic acid groups (broad SMARTS) is 1. The van der Waals surface area contributed by atoms with E-state index in [0.29, 0.717) is 29.0 Å². The molecule has 2 aliphatic carbocycles. The van der Waals surface area contributed by atoms with Crippen molar-refractivity contribution in [2.45, 2.75) is 31.4 Å². The third-order valence-electron chi connectivity index (χ3n) is 5.69. The highest BCUT2D eigenvalue weighted by molar-refractivity contribution is 5.87. The summed E-state index contributed by atoms with van der Waals surface area (Å²) in [5, 5.41) is 8.91. The standard InChI is InChI=1S/C16H19NO3/c1-17-9-16-7-6-12(16)13(8-14(16)17)20-11-4-2-10(3-5-11)15(18)19/h2-5,12-14H,6-9H2,1H3,(H,18,19)/t12?,13-,14?,16?/m1/s1. The third kappa shape index (κ3) is 1.48. The molecule has 1 aliphatic heterocycles. The first-order valence-corrected chi connectivity index (χ1v) is 7.30. The van der Waals surface area contributed by atoms with E-state index in [1.807, 2.05) is 0 Å². The molecule has 0 aromatic heterocycles. The number of hydrogen-bond acceptors (Lipinski definition) is 3. The summed E-state index contributed by atoms with van der Waals surface area (Å²) in [4.78, 5) is 13.3. The van der Waals surface area contributed by atoms with Gasteiger partial charge in [0.15, 0.2) is 0 Å². The van der Waals surface area contributed by atoms with Crippen LogP contribution in [-0.4, -0.2) is 41.7 Å². The van der Waals surface area contributed by atoms with E-state index in [4.69, 9.17) is 9.84 Å². The van der Waals surface area contributed by atoms with Crippen molar-refractivity contribution in [1.29, 1.82) is 0 Å². The van der Waals surface area contributed by atoms with E-state index in [2.05, 4.69) is 11.9 Å². The second-order valence-electron chi connectivity index (χ2n) is 6.53. The Kier molecular flexibility index (Phi) is 2.43. The maximum absolute atomic E-state index is 10.8. The zero-order valence-corrected chi connectivity index (χ0v) is 11.6. The van der Waals surface area contributed by atoms with Gasteiger partial charge in [-0.15, -0.1) is 0 Å². The molecule has 1 saturated heterocycles. The summed E-state index contributed by atoms with van der Waals surface area (Å²) in [5.41, 5.74) is 0.851. The highest BCUT2D eigenvalue weighted by Gasteiger charge is 2.67. The number of aromatic carboxylic acids is 1. The first-order chi connectivity index (χ1) is 9.60. The Bertz CT molecular complexity index is 555. The molecular weight excluding hydrogens is 254 g/mol. The Balaban J connectivity index is 1.49. The summed E-state index contributed by atoms with van der Waals surface area (Å²) in [7, 11) is 2.20. The lowest BCUT2D eigenvalue weighted by atomic mass is 9.55. The molecule has 0 radical (unpaired) electrons. The minimum absolute atomic E-state index is 0.300. The van der Waals surface area contributed by atoms with Crippen LogP contribution in [0.2, 0.25) is 0 Å². The minimum Gasteiger partial charge on any atom is -0.490 e. The Morgan fingerprint density at radius 1 is 1.40 bits per heavy atom. The van der Waals surface area contributed by atoms with Crippen LogP contribution in [0.5, 0.6) is 5.75 Å². The largest absolute Gasteiger partial charge is 0.490 e. The van der Waals surface area contributed by atoms with Crippen LogP contribution in [0.4, 0.5) is 0 Å². The Labute approximate surface area is 118 Å². The predicted molar refractivity (Wildman–Crippen MR) is 74.0 cm³/mol. The summed E-state index contributed by atoms with van der Waals surface area (Å²) in [5.74, 6) is 0.601. The monoisotopic (exact) mass is 273 g/mol. The van der Waals surface area contributed by atoms with Gasteiger partial charge in [-0.3, -0.25) is 0 Å². The summed E-state index contributed by atoms with van der Waals surface area (Å²) in [6.45, 7) is 1.22. The topological polar surface area (TPSA) is 49.8 Å². The maximum atomic E-state index is 10.8. The van der Waals surface area contributed by atoms with Crippen molar-refractivity contribution in [3.05, 3.63) is 29.8 Å². The molecule has 4 atom stereocenters. The van der Waals surface area contributed by atoms with Crippen LogP contribution in [0.3, 0.4) is 0 Å². The molecule has 1 aromatic rings. The van der Waals surface area contributed by atoms with Crippen LogP contribution < -0.4 is 4.74 Å². The summed E-state index contributed by atoms with van der Waals surface area (Å²) < 4.78 is 6.15. The Morgan fingerprint density at radius 2 is 2.15 bits per heavy atom. The van der Waals surface area contributed by atoms with E-state index in [9.17, 15) is 4.79 Å². The first kappa shape index (κ1) is 12.2. The molecule has 1 aromatic carbocycles. The zero-order chi connectivity index (χ0) is 13.9. The quantitative estimate of drug-likeness (QED) is 0.917. The fourth-order valence-corrected chi connectivity index (χ4v) is 4.63. The van der Waals surface area contributed by atoms with Crippen molar-refractivity contribution < 1.29 is 14.6 Å². The number of carboxylic acids is 1. The van der Waals surface area contributed by atoms with Gasteiger partial charge in [-0.2, -0.15) is 0 Å². The fourth-order valence-electron chi connectivity index (χ4n) is 4.63. The molecule has 0 bridgehead atoms. The summed E-state index contributed by atoms with van der Waals surface area (Å²) >= 11 is 0. The molecule has 106 valence electrons. The van der Waals surface area contributed by atoms with Crippen LogP contribution >= 0.6 is 0 Å². The van der Waals surface area contributed by atoms with Crippen LogP contribution in [-0.2, 0) is 0 Å². The first-order valence-electron chi connectivity index (χ1n) is 7.30. The van der Waals surface area contributed by atoms with Gasteiger partial charge >= 0.3 is 5.97 Å². The van der Waals surface area contributed by atoms with E-state index in [1.165, 1.54) is 19.4 Å². The van der Waals surface area contributed by atoms with Crippen molar-refractivity contribution >= 4 is 5.97 Å². The van der Waals surface area contributed by atoms with Gasteiger partial charge in [0.2, 0.25) is 0 Å². The Morgan fingerprint density at radius 3 is 2.65 bits per heavy atom. The van der Waals surface area contributed by atoms with E-state index >= 15 is 0 Å². The van der Waals surface area contributed by atoms with Crippen LogP contribution in [0.25, 0.3) is 0 Å². The van der Waals surface area contributed by atoms with Gasteiger partial charge in [0.05, 0.1) is 5.56 Å². The van der Waals surface area contributed by atoms with Gasteiger partial charge < -0.3 is 14.7 Å². The van der Waals surface area contributed by atoms with Gasteiger partial charge in [0.25, 0.3) is 0 Å². The highest BCUT2D eigenvalue weighted by Crippen LogP contribution is 2.64. The molecule has 3 aliphatic rings. The lowest BCUT2D eigenvalue weighted by Crippen LogP contribution is -2.66. The number of hydrogen-bond donors (Lipinski definition) is 1. The molecule has 4 heteroatoms. The maximum Gasteiger partial charge on any atom is 0.335 e. The molecule has 20 heavy (non-hydrogen) atoms. The fraction of sp³-hybridized carbons (Fsp3) is 0.562. The molecule has 1 spiro atoms. The van der Waals surface area contributed by atoms with Crippen molar-refractivity contribution in [2.75, 3.05) is 13.6 Å². The van der Waals surface area contributed by atoms with Crippen molar-refractivity contribution in [3.8, 4) is 5.75 Å². The molecule has 3 unspecified atom stereocenters. The van der Waals surface area contributed by atoms with Crippen LogP contribution in [0, 0.1) is 11.3 Å². The van der Waals surface area contributed by atoms with Gasteiger partial charge in [0, 0.05) is 30.3 Å². The minimum atomic E-state index is -0.893. The lowest BCUT2D eigenvalue weighted by Gasteiger charge is -2.61. The lowest BCUT2D eigenvalue weighted by molar-refractivity contribution is -0.127. The van der Waals surface area contributed by atoms with Crippen molar-refractivity contribution in [2.24, 2.45) is 11.3 Å². The number of carbonyl (C=O) groups is 1. The second-order valence-corrected chi connectivity index (χ2v) is 6.53. The van der Waals surface area contributed by atoms with E-state index in [-0.39, 0.29) is 0 Å². The molecule has 4 rings (SSSR count). The van der Waals surface area contributed by atoms with Gasteiger partial charge in [-0.1, -0.05) is 0 Å². The summed E-state index contributed by atoms with van der Waals surface area (Å²) in [6, 6.07) is 7.48. The number of ether oxygens (including phenoxy) is 1. The van der Waals surface area contributed by atoms with Crippen LogP contribution in [0.15, 0.2) is 24.3 Å². The van der Waals surface area contributed by atoms with E-state index in [1.54, 1.807) is 24.3 Å². The van der Waals surface area contributed by atoms with E-state index in [0.717, 1.165) is 12.2 Å². The van der Waals surface area contributed by atoms with Crippen molar-refractivity contribution in [1.82, 2.24) is 4.90 Å². The average molecular weight is 273 g/mol. The van der Waals surface area contributed by atoms with Crippen LogP contribution in [0.1, 0.15) is 29.6 Å². The molecule has 2 saturated carbocycles. The smallest absolute Gasteiger partial charge is 0.335 e. The molecule has 1 N–H and O–H groups in total. The molecule has 4 nitrogen and oxygen atoms in total. The highest BCUT2D eigenvalue weighted by atomic mass is 16.5. The zero-order valence-electron chi connectivity index (χ0n) is 11.6. The predicted octanol–water partition coefficient (Wildman–Crippen LogP) is 2.25. The number of nitrogens with zero attached hydrogens (tertiary/aromatic N) is 1. The number of likely N-dealkylation sites (tertiary alicyclic amines) is 1. The SMILES string of the molecule is CN1CC23CCC2[C@H](Oc2ccc(C(=O)O)cc2)CC13.